The quantitative estimate of drug-likeness (QED) is 0.595. The van der Waals surface area contributed by atoms with Crippen LogP contribution >= 0.6 is 0 Å². The standard InChI is InChI=1S/C16H29NO5/c1-15(2)9-11(10-16(3,4)17-15)22-12(14(20)21)7-5-6-8-13(18)19/h11-12,17H,5-10H2,1-4H3,(H,18,19)(H,20,21). The first kappa shape index (κ1) is 18.9. The number of carboxylic acids is 2. The van der Waals surface area contributed by atoms with E-state index in [2.05, 4.69) is 33.0 Å². The molecule has 0 spiro atoms. The van der Waals surface area contributed by atoms with Crippen molar-refractivity contribution >= 4 is 11.9 Å². The van der Waals surface area contributed by atoms with E-state index in [1.54, 1.807) is 0 Å². The summed E-state index contributed by atoms with van der Waals surface area (Å²) in [6.07, 6.45) is 2.00. The van der Waals surface area contributed by atoms with E-state index in [9.17, 15) is 14.7 Å². The summed E-state index contributed by atoms with van der Waals surface area (Å²) in [5.41, 5.74) is -0.197. The Hall–Kier alpha value is -1.14. The summed E-state index contributed by atoms with van der Waals surface area (Å²) in [5, 5.41) is 21.5. The molecule has 6 nitrogen and oxygen atoms in total. The van der Waals surface area contributed by atoms with E-state index >= 15 is 0 Å². The molecule has 1 unspecified atom stereocenters. The zero-order valence-electron chi connectivity index (χ0n) is 14.0. The molecule has 0 aliphatic carbocycles. The third-order valence-electron chi connectivity index (χ3n) is 3.89. The van der Waals surface area contributed by atoms with Crippen molar-refractivity contribution in [1.82, 2.24) is 5.32 Å². The monoisotopic (exact) mass is 315 g/mol. The first-order chi connectivity index (χ1) is 10.0. The molecular formula is C16H29NO5. The molecule has 0 amide bonds. The van der Waals surface area contributed by atoms with Gasteiger partial charge in [-0.2, -0.15) is 0 Å². The Balaban J connectivity index is 2.55. The number of carbonyl (C=O) groups is 2. The molecule has 1 fully saturated rings. The Bertz CT molecular complexity index is 389. The topological polar surface area (TPSA) is 95.9 Å². The first-order valence-electron chi connectivity index (χ1n) is 7.90. The van der Waals surface area contributed by atoms with Crippen LogP contribution in [0.4, 0.5) is 0 Å². The highest BCUT2D eigenvalue weighted by Gasteiger charge is 2.39. The fourth-order valence-electron chi connectivity index (χ4n) is 3.41. The van der Waals surface area contributed by atoms with Crippen molar-refractivity contribution in [3.8, 4) is 0 Å². The maximum absolute atomic E-state index is 11.4. The van der Waals surface area contributed by atoms with Gasteiger partial charge in [-0.1, -0.05) is 0 Å². The van der Waals surface area contributed by atoms with E-state index in [-0.39, 0.29) is 23.6 Å². The van der Waals surface area contributed by atoms with Gasteiger partial charge in [0.1, 0.15) is 0 Å². The lowest BCUT2D eigenvalue weighted by Gasteiger charge is -2.46. The number of unbranched alkanes of at least 4 members (excludes halogenated alkanes) is 1. The van der Waals surface area contributed by atoms with Crippen molar-refractivity contribution in [3.63, 3.8) is 0 Å². The SMILES string of the molecule is CC1(C)CC(OC(CCCCC(=O)O)C(=O)O)CC(C)(C)N1. The predicted molar refractivity (Wildman–Crippen MR) is 82.9 cm³/mol. The van der Waals surface area contributed by atoms with Gasteiger partial charge < -0.3 is 20.3 Å². The lowest BCUT2D eigenvalue weighted by atomic mass is 9.81. The maximum atomic E-state index is 11.4. The summed E-state index contributed by atoms with van der Waals surface area (Å²) < 4.78 is 5.84. The average molecular weight is 315 g/mol. The van der Waals surface area contributed by atoms with Gasteiger partial charge in [-0.05, 0) is 59.8 Å². The summed E-state index contributed by atoms with van der Waals surface area (Å²) in [4.78, 5) is 21.9. The molecule has 6 heteroatoms. The van der Waals surface area contributed by atoms with Crippen molar-refractivity contribution in [2.75, 3.05) is 0 Å². The zero-order valence-corrected chi connectivity index (χ0v) is 14.0. The minimum absolute atomic E-state index is 0.0692. The molecule has 1 aliphatic rings. The second-order valence-corrected chi connectivity index (χ2v) is 7.53. The molecule has 0 radical (unpaired) electrons. The van der Waals surface area contributed by atoms with Crippen molar-refractivity contribution in [1.29, 1.82) is 0 Å². The van der Waals surface area contributed by atoms with Gasteiger partial charge in [0, 0.05) is 17.5 Å². The van der Waals surface area contributed by atoms with Crippen LogP contribution in [0.5, 0.6) is 0 Å². The van der Waals surface area contributed by atoms with E-state index in [1.165, 1.54) is 0 Å². The second-order valence-electron chi connectivity index (χ2n) is 7.53. The lowest BCUT2D eigenvalue weighted by molar-refractivity contribution is -0.158. The molecule has 0 aromatic rings. The van der Waals surface area contributed by atoms with Crippen LogP contribution in [0.25, 0.3) is 0 Å². The Morgan fingerprint density at radius 3 is 2.14 bits per heavy atom. The Kier molecular flexibility index (Phi) is 6.38. The lowest BCUT2D eigenvalue weighted by Crippen LogP contribution is -2.60. The third kappa shape index (κ3) is 6.75. The molecule has 1 rings (SSSR count). The van der Waals surface area contributed by atoms with Crippen LogP contribution in [0, 0.1) is 0 Å². The fourth-order valence-corrected chi connectivity index (χ4v) is 3.41. The highest BCUT2D eigenvalue weighted by molar-refractivity contribution is 5.72. The molecule has 1 atom stereocenters. The highest BCUT2D eigenvalue weighted by atomic mass is 16.5. The van der Waals surface area contributed by atoms with Crippen molar-refractivity contribution in [2.24, 2.45) is 0 Å². The predicted octanol–water partition coefficient (Wildman–Crippen LogP) is 2.41. The van der Waals surface area contributed by atoms with Gasteiger partial charge in [0.25, 0.3) is 0 Å². The fraction of sp³-hybridized carbons (Fsp3) is 0.875. The summed E-state index contributed by atoms with van der Waals surface area (Å²) >= 11 is 0. The van der Waals surface area contributed by atoms with Crippen molar-refractivity contribution in [3.05, 3.63) is 0 Å². The van der Waals surface area contributed by atoms with Crippen LogP contribution in [-0.4, -0.2) is 45.4 Å². The van der Waals surface area contributed by atoms with Crippen molar-refractivity contribution < 1.29 is 24.5 Å². The van der Waals surface area contributed by atoms with Crippen LogP contribution in [-0.2, 0) is 14.3 Å². The number of hydrogen-bond donors (Lipinski definition) is 3. The molecule has 0 aromatic heterocycles. The Morgan fingerprint density at radius 2 is 1.68 bits per heavy atom. The van der Waals surface area contributed by atoms with E-state index in [4.69, 9.17) is 9.84 Å². The van der Waals surface area contributed by atoms with Crippen LogP contribution in [0.1, 0.15) is 66.2 Å². The Morgan fingerprint density at radius 1 is 1.14 bits per heavy atom. The summed E-state index contributed by atoms with van der Waals surface area (Å²) in [5.74, 6) is -1.82. The van der Waals surface area contributed by atoms with Crippen LogP contribution in [0.15, 0.2) is 0 Å². The smallest absolute Gasteiger partial charge is 0.332 e. The zero-order chi connectivity index (χ0) is 17.0. The van der Waals surface area contributed by atoms with Crippen molar-refractivity contribution in [2.45, 2.75) is 89.5 Å². The number of rotatable bonds is 8. The second kappa shape index (κ2) is 7.42. The maximum Gasteiger partial charge on any atom is 0.332 e. The molecule has 1 saturated heterocycles. The Labute approximate surface area is 132 Å². The largest absolute Gasteiger partial charge is 0.481 e. The molecular weight excluding hydrogens is 286 g/mol. The average Bonchev–Trinajstić information content (AvgIpc) is 2.28. The minimum atomic E-state index is -0.968. The number of ether oxygens (including phenoxy) is 1. The number of nitrogens with one attached hydrogen (secondary N) is 1. The number of aliphatic carboxylic acids is 2. The summed E-state index contributed by atoms with van der Waals surface area (Å²) in [6, 6.07) is 0. The molecule has 0 aromatic carbocycles. The summed E-state index contributed by atoms with van der Waals surface area (Å²) in [6.45, 7) is 8.36. The third-order valence-corrected chi connectivity index (χ3v) is 3.89. The van der Waals surface area contributed by atoms with Gasteiger partial charge in [-0.25, -0.2) is 4.79 Å². The number of piperidine rings is 1. The summed E-state index contributed by atoms with van der Waals surface area (Å²) in [7, 11) is 0. The van der Waals surface area contributed by atoms with Gasteiger partial charge in [-0.15, -0.1) is 0 Å². The highest BCUT2D eigenvalue weighted by Crippen LogP contribution is 2.31. The van der Waals surface area contributed by atoms with E-state index in [0.29, 0.717) is 19.3 Å². The number of hydrogen-bond acceptors (Lipinski definition) is 4. The van der Waals surface area contributed by atoms with E-state index < -0.39 is 18.0 Å². The molecule has 1 aliphatic heterocycles. The van der Waals surface area contributed by atoms with Crippen LogP contribution in [0.3, 0.4) is 0 Å². The first-order valence-corrected chi connectivity index (χ1v) is 7.90. The molecule has 3 N–H and O–H groups in total. The molecule has 128 valence electrons. The molecule has 1 heterocycles. The van der Waals surface area contributed by atoms with E-state index in [1.807, 2.05) is 0 Å². The van der Waals surface area contributed by atoms with Crippen LogP contribution in [0.2, 0.25) is 0 Å². The normalized spacial score (nSPS) is 22.2. The van der Waals surface area contributed by atoms with Crippen LogP contribution < -0.4 is 5.32 Å². The molecule has 0 saturated carbocycles. The van der Waals surface area contributed by atoms with E-state index in [0.717, 1.165) is 12.8 Å². The van der Waals surface area contributed by atoms with Gasteiger partial charge in [0.15, 0.2) is 6.10 Å². The van der Waals surface area contributed by atoms with Gasteiger partial charge in [0.2, 0.25) is 0 Å². The molecule has 22 heavy (non-hydrogen) atoms. The van der Waals surface area contributed by atoms with Gasteiger partial charge >= 0.3 is 11.9 Å². The van der Waals surface area contributed by atoms with Gasteiger partial charge in [0.05, 0.1) is 6.10 Å². The number of carboxylic acid groups (broad SMARTS) is 2. The van der Waals surface area contributed by atoms with Gasteiger partial charge in [-0.3, -0.25) is 4.79 Å². The minimum Gasteiger partial charge on any atom is -0.481 e. The molecule has 0 bridgehead atoms.